The number of hydrogen-bond acceptors (Lipinski definition) is 5. The highest BCUT2D eigenvalue weighted by Gasteiger charge is 2.22. The van der Waals surface area contributed by atoms with Gasteiger partial charge in [-0.2, -0.15) is 0 Å². The predicted octanol–water partition coefficient (Wildman–Crippen LogP) is -1.50. The van der Waals surface area contributed by atoms with Gasteiger partial charge < -0.3 is 27.6 Å². The third kappa shape index (κ3) is 5.80. The summed E-state index contributed by atoms with van der Waals surface area (Å²) in [6.45, 7) is 0. The van der Waals surface area contributed by atoms with Gasteiger partial charge in [0.1, 0.15) is 11.8 Å². The molecule has 0 bridgehead atoms. The van der Waals surface area contributed by atoms with Crippen LogP contribution in [-0.2, 0) is 20.8 Å². The van der Waals surface area contributed by atoms with E-state index < -0.39 is 29.8 Å². The number of benzene rings is 1. The lowest BCUT2D eigenvalue weighted by atomic mass is 10.0. The molecule has 8 N–H and O–H groups in total. The lowest BCUT2D eigenvalue weighted by molar-refractivity contribution is -0.128. The molecule has 0 aliphatic carbocycles. The standard InChI is InChI=1S/C14H20N4O4/c15-10(5-6-12(16)20)14(22)18-11(13(17)21)7-8-1-3-9(19)4-2-8/h1-4,10-11,19H,5-7,15H2,(H2,16,20)(H2,17,21)(H,18,22)/t10-,11-/m0/s1. The van der Waals surface area contributed by atoms with Crippen molar-refractivity contribution in [2.24, 2.45) is 17.2 Å². The van der Waals surface area contributed by atoms with Crippen molar-refractivity contribution in [1.29, 1.82) is 0 Å². The summed E-state index contributed by atoms with van der Waals surface area (Å²) >= 11 is 0. The monoisotopic (exact) mass is 308 g/mol. The number of phenols is 1. The van der Waals surface area contributed by atoms with E-state index in [-0.39, 0.29) is 25.0 Å². The maximum atomic E-state index is 11.9. The normalized spacial score (nSPS) is 13.1. The van der Waals surface area contributed by atoms with Crippen LogP contribution in [0.4, 0.5) is 0 Å². The number of phenolic OH excluding ortho intramolecular Hbond substituents is 1. The second-order valence-corrected chi connectivity index (χ2v) is 4.95. The lowest BCUT2D eigenvalue weighted by Crippen LogP contribution is -2.51. The van der Waals surface area contributed by atoms with Crippen molar-refractivity contribution >= 4 is 17.7 Å². The van der Waals surface area contributed by atoms with Crippen molar-refractivity contribution in [3.63, 3.8) is 0 Å². The smallest absolute Gasteiger partial charge is 0.240 e. The van der Waals surface area contributed by atoms with Gasteiger partial charge in [0, 0.05) is 12.8 Å². The molecule has 0 unspecified atom stereocenters. The highest BCUT2D eigenvalue weighted by atomic mass is 16.3. The molecule has 1 aromatic carbocycles. The van der Waals surface area contributed by atoms with E-state index in [0.717, 1.165) is 0 Å². The second-order valence-electron chi connectivity index (χ2n) is 4.95. The van der Waals surface area contributed by atoms with Gasteiger partial charge in [0.25, 0.3) is 0 Å². The van der Waals surface area contributed by atoms with Gasteiger partial charge in [0.2, 0.25) is 17.7 Å². The number of nitrogens with two attached hydrogens (primary N) is 3. The first-order chi connectivity index (χ1) is 10.3. The molecule has 0 aliphatic rings. The molecule has 120 valence electrons. The Morgan fingerprint density at radius 3 is 2.23 bits per heavy atom. The Hall–Kier alpha value is -2.61. The molecule has 0 aromatic heterocycles. The fourth-order valence-electron chi connectivity index (χ4n) is 1.80. The predicted molar refractivity (Wildman–Crippen MR) is 79.3 cm³/mol. The average molecular weight is 308 g/mol. The van der Waals surface area contributed by atoms with Crippen LogP contribution < -0.4 is 22.5 Å². The summed E-state index contributed by atoms with van der Waals surface area (Å²) in [5.74, 6) is -1.75. The Bertz CT molecular complexity index is 544. The van der Waals surface area contributed by atoms with Crippen LogP contribution in [-0.4, -0.2) is 34.9 Å². The number of nitrogens with one attached hydrogen (secondary N) is 1. The number of rotatable bonds is 8. The van der Waals surface area contributed by atoms with Gasteiger partial charge in [-0.1, -0.05) is 12.1 Å². The molecule has 0 radical (unpaired) electrons. The molecule has 3 amide bonds. The van der Waals surface area contributed by atoms with Crippen molar-refractivity contribution < 1.29 is 19.5 Å². The topological polar surface area (TPSA) is 162 Å². The number of hydrogen-bond donors (Lipinski definition) is 5. The van der Waals surface area contributed by atoms with E-state index in [9.17, 15) is 19.5 Å². The maximum absolute atomic E-state index is 11.9. The van der Waals surface area contributed by atoms with Crippen molar-refractivity contribution in [1.82, 2.24) is 5.32 Å². The summed E-state index contributed by atoms with van der Waals surface area (Å²) in [4.78, 5) is 34.0. The second kappa shape index (κ2) is 7.99. The number of carbonyl (C=O) groups is 3. The van der Waals surface area contributed by atoms with Crippen LogP contribution in [0.2, 0.25) is 0 Å². The first kappa shape index (κ1) is 17.4. The molecule has 22 heavy (non-hydrogen) atoms. The molecule has 8 heteroatoms. The van der Waals surface area contributed by atoms with E-state index in [1.807, 2.05) is 0 Å². The van der Waals surface area contributed by atoms with E-state index >= 15 is 0 Å². The Labute approximate surface area is 127 Å². The minimum Gasteiger partial charge on any atom is -0.508 e. The highest BCUT2D eigenvalue weighted by molar-refractivity contribution is 5.89. The molecule has 0 aliphatic heterocycles. The van der Waals surface area contributed by atoms with Crippen LogP contribution in [0.15, 0.2) is 24.3 Å². The van der Waals surface area contributed by atoms with Gasteiger partial charge in [-0.3, -0.25) is 14.4 Å². The Kier molecular flexibility index (Phi) is 6.33. The van der Waals surface area contributed by atoms with E-state index in [1.54, 1.807) is 12.1 Å². The molecule has 2 atom stereocenters. The van der Waals surface area contributed by atoms with Crippen molar-refractivity contribution in [2.45, 2.75) is 31.3 Å². The molecule has 1 aromatic rings. The quantitative estimate of drug-likeness (QED) is 0.394. The summed E-state index contributed by atoms with van der Waals surface area (Å²) in [7, 11) is 0. The van der Waals surface area contributed by atoms with Crippen molar-refractivity contribution in [3.05, 3.63) is 29.8 Å². The molecule has 0 fully saturated rings. The van der Waals surface area contributed by atoms with Gasteiger partial charge >= 0.3 is 0 Å². The molecule has 0 saturated heterocycles. The number of primary amides is 2. The third-order valence-corrected chi connectivity index (χ3v) is 3.07. The van der Waals surface area contributed by atoms with E-state index in [1.165, 1.54) is 12.1 Å². The van der Waals surface area contributed by atoms with E-state index in [0.29, 0.717) is 5.56 Å². The average Bonchev–Trinajstić information content (AvgIpc) is 2.45. The molecule has 0 spiro atoms. The van der Waals surface area contributed by atoms with Crippen LogP contribution in [0.1, 0.15) is 18.4 Å². The van der Waals surface area contributed by atoms with Gasteiger partial charge in [0.05, 0.1) is 6.04 Å². The minimum atomic E-state index is -0.950. The largest absolute Gasteiger partial charge is 0.508 e. The number of carbonyl (C=O) groups excluding carboxylic acids is 3. The summed E-state index contributed by atoms with van der Waals surface area (Å²) in [6, 6.07) is 4.28. The van der Waals surface area contributed by atoms with Gasteiger partial charge in [-0.15, -0.1) is 0 Å². The zero-order valence-electron chi connectivity index (χ0n) is 12.0. The molecule has 1 rings (SSSR count). The molecule has 0 saturated carbocycles. The summed E-state index contributed by atoms with van der Waals surface area (Å²) in [5, 5.41) is 11.7. The molecular weight excluding hydrogens is 288 g/mol. The zero-order valence-corrected chi connectivity index (χ0v) is 12.0. The van der Waals surface area contributed by atoms with Crippen LogP contribution in [0, 0.1) is 0 Å². The molecular formula is C14H20N4O4. The summed E-state index contributed by atoms with van der Waals surface area (Å²) in [5.41, 5.74) is 16.6. The Morgan fingerprint density at radius 1 is 1.14 bits per heavy atom. The van der Waals surface area contributed by atoms with Crippen LogP contribution >= 0.6 is 0 Å². The zero-order chi connectivity index (χ0) is 16.7. The highest BCUT2D eigenvalue weighted by Crippen LogP contribution is 2.11. The molecule has 0 heterocycles. The minimum absolute atomic E-state index is 0.0201. The summed E-state index contributed by atoms with van der Waals surface area (Å²) < 4.78 is 0. The van der Waals surface area contributed by atoms with Crippen LogP contribution in [0.5, 0.6) is 5.75 Å². The summed E-state index contributed by atoms with van der Waals surface area (Å²) in [6.07, 6.45) is 0.240. The molecule has 8 nitrogen and oxygen atoms in total. The van der Waals surface area contributed by atoms with E-state index in [2.05, 4.69) is 5.32 Å². The Balaban J connectivity index is 2.63. The SMILES string of the molecule is NC(=O)CC[C@H](N)C(=O)N[C@@H](Cc1ccc(O)cc1)C(N)=O. The van der Waals surface area contributed by atoms with Crippen LogP contribution in [0.3, 0.4) is 0 Å². The fraction of sp³-hybridized carbons (Fsp3) is 0.357. The number of aromatic hydroxyl groups is 1. The first-order valence-electron chi connectivity index (χ1n) is 6.71. The van der Waals surface area contributed by atoms with Crippen molar-refractivity contribution in [3.8, 4) is 5.75 Å². The van der Waals surface area contributed by atoms with Crippen molar-refractivity contribution in [2.75, 3.05) is 0 Å². The Morgan fingerprint density at radius 2 is 1.73 bits per heavy atom. The van der Waals surface area contributed by atoms with E-state index in [4.69, 9.17) is 17.2 Å². The lowest BCUT2D eigenvalue weighted by Gasteiger charge is -2.18. The van der Waals surface area contributed by atoms with Gasteiger partial charge in [0.15, 0.2) is 0 Å². The fourth-order valence-corrected chi connectivity index (χ4v) is 1.80. The van der Waals surface area contributed by atoms with Gasteiger partial charge in [-0.25, -0.2) is 0 Å². The van der Waals surface area contributed by atoms with Crippen LogP contribution in [0.25, 0.3) is 0 Å². The maximum Gasteiger partial charge on any atom is 0.240 e. The first-order valence-corrected chi connectivity index (χ1v) is 6.71. The number of amides is 3. The third-order valence-electron chi connectivity index (χ3n) is 3.07. The van der Waals surface area contributed by atoms with Gasteiger partial charge in [-0.05, 0) is 24.1 Å².